The SMILES string of the molecule is O[C@@H]1CC[C@@H](F)C2CCCCC21. The second-order valence-corrected chi connectivity index (χ2v) is 4.27. The van der Waals surface area contributed by atoms with E-state index in [-0.39, 0.29) is 17.9 Å². The van der Waals surface area contributed by atoms with E-state index in [1.54, 1.807) is 0 Å². The van der Waals surface area contributed by atoms with Gasteiger partial charge in [0.2, 0.25) is 0 Å². The highest BCUT2D eigenvalue weighted by atomic mass is 19.1. The van der Waals surface area contributed by atoms with Crippen molar-refractivity contribution in [2.24, 2.45) is 11.8 Å². The quantitative estimate of drug-likeness (QED) is 0.594. The number of alkyl halides is 1. The summed E-state index contributed by atoms with van der Waals surface area (Å²) in [5.74, 6) is 0.463. The van der Waals surface area contributed by atoms with Gasteiger partial charge in [0.05, 0.1) is 6.10 Å². The third kappa shape index (κ3) is 1.37. The van der Waals surface area contributed by atoms with E-state index in [9.17, 15) is 9.50 Å². The van der Waals surface area contributed by atoms with Gasteiger partial charge in [-0.2, -0.15) is 0 Å². The lowest BCUT2D eigenvalue weighted by molar-refractivity contribution is -0.0310. The Labute approximate surface area is 73.0 Å². The molecule has 2 aliphatic rings. The van der Waals surface area contributed by atoms with E-state index in [0.717, 1.165) is 19.3 Å². The van der Waals surface area contributed by atoms with Crippen LogP contribution in [0.4, 0.5) is 4.39 Å². The smallest absolute Gasteiger partial charge is 0.103 e. The highest BCUT2D eigenvalue weighted by Gasteiger charge is 2.39. The summed E-state index contributed by atoms with van der Waals surface area (Å²) in [6, 6.07) is 0. The number of hydrogen-bond donors (Lipinski definition) is 1. The van der Waals surface area contributed by atoms with Gasteiger partial charge >= 0.3 is 0 Å². The fourth-order valence-electron chi connectivity index (χ4n) is 2.87. The van der Waals surface area contributed by atoms with E-state index in [2.05, 4.69) is 0 Å². The van der Waals surface area contributed by atoms with Crippen molar-refractivity contribution in [3.63, 3.8) is 0 Å². The highest BCUT2D eigenvalue weighted by molar-refractivity contribution is 4.89. The topological polar surface area (TPSA) is 20.2 Å². The molecule has 2 saturated carbocycles. The van der Waals surface area contributed by atoms with Gasteiger partial charge < -0.3 is 5.11 Å². The van der Waals surface area contributed by atoms with Gasteiger partial charge in [-0.25, -0.2) is 4.39 Å². The molecule has 2 fully saturated rings. The van der Waals surface area contributed by atoms with Crippen LogP contribution < -0.4 is 0 Å². The molecule has 0 spiro atoms. The molecular weight excluding hydrogens is 155 g/mol. The first kappa shape index (κ1) is 8.49. The first-order chi connectivity index (χ1) is 5.79. The molecule has 2 unspecified atom stereocenters. The van der Waals surface area contributed by atoms with Crippen LogP contribution >= 0.6 is 0 Å². The molecule has 1 nitrogen and oxygen atoms in total. The third-order valence-electron chi connectivity index (χ3n) is 3.57. The van der Waals surface area contributed by atoms with E-state index in [1.807, 2.05) is 0 Å². The summed E-state index contributed by atoms with van der Waals surface area (Å²) >= 11 is 0. The summed E-state index contributed by atoms with van der Waals surface area (Å²) in [5.41, 5.74) is 0. The van der Waals surface area contributed by atoms with E-state index in [1.165, 1.54) is 6.42 Å². The fourth-order valence-corrected chi connectivity index (χ4v) is 2.87. The molecular formula is C10H17FO. The minimum atomic E-state index is -0.626. The minimum Gasteiger partial charge on any atom is -0.393 e. The zero-order valence-corrected chi connectivity index (χ0v) is 7.38. The average Bonchev–Trinajstić information content (AvgIpc) is 2.12. The number of aliphatic hydroxyl groups excluding tert-OH is 1. The zero-order chi connectivity index (χ0) is 8.55. The minimum absolute atomic E-state index is 0.183. The molecule has 0 heterocycles. The Morgan fingerprint density at radius 3 is 2.25 bits per heavy atom. The van der Waals surface area contributed by atoms with Crippen LogP contribution in [0.2, 0.25) is 0 Å². The van der Waals surface area contributed by atoms with Crippen LogP contribution in [-0.4, -0.2) is 17.4 Å². The van der Waals surface area contributed by atoms with Gasteiger partial charge in [0, 0.05) is 0 Å². The van der Waals surface area contributed by atoms with Crippen LogP contribution in [0, 0.1) is 11.8 Å². The molecule has 1 N–H and O–H groups in total. The normalized spacial score (nSPS) is 48.5. The van der Waals surface area contributed by atoms with Crippen molar-refractivity contribution in [3.8, 4) is 0 Å². The van der Waals surface area contributed by atoms with Crippen LogP contribution in [-0.2, 0) is 0 Å². The van der Waals surface area contributed by atoms with Crippen LogP contribution in [0.15, 0.2) is 0 Å². The van der Waals surface area contributed by atoms with Crippen molar-refractivity contribution in [3.05, 3.63) is 0 Å². The monoisotopic (exact) mass is 172 g/mol. The predicted octanol–water partition coefficient (Wildman–Crippen LogP) is 2.29. The van der Waals surface area contributed by atoms with Gasteiger partial charge in [-0.1, -0.05) is 12.8 Å². The summed E-state index contributed by atoms with van der Waals surface area (Å²) in [6.45, 7) is 0. The van der Waals surface area contributed by atoms with E-state index < -0.39 is 6.17 Å². The number of aliphatic hydroxyl groups is 1. The molecule has 0 saturated heterocycles. The number of rotatable bonds is 0. The second kappa shape index (κ2) is 3.33. The second-order valence-electron chi connectivity index (χ2n) is 4.27. The predicted molar refractivity (Wildman–Crippen MR) is 45.6 cm³/mol. The molecule has 0 radical (unpaired) electrons. The number of hydrogen-bond acceptors (Lipinski definition) is 1. The Balaban J connectivity index is 2.05. The lowest BCUT2D eigenvalue weighted by atomic mass is 9.68. The van der Waals surface area contributed by atoms with Crippen molar-refractivity contribution in [1.82, 2.24) is 0 Å². The van der Waals surface area contributed by atoms with Gasteiger partial charge in [-0.3, -0.25) is 0 Å². The van der Waals surface area contributed by atoms with Crippen LogP contribution in [0.25, 0.3) is 0 Å². The zero-order valence-electron chi connectivity index (χ0n) is 7.38. The Bertz CT molecular complexity index is 142. The molecule has 0 bridgehead atoms. The molecule has 0 aromatic rings. The largest absolute Gasteiger partial charge is 0.393 e. The molecule has 70 valence electrons. The maximum absolute atomic E-state index is 13.4. The van der Waals surface area contributed by atoms with Crippen molar-refractivity contribution < 1.29 is 9.50 Å². The summed E-state index contributed by atoms with van der Waals surface area (Å²) in [7, 11) is 0. The Kier molecular flexibility index (Phi) is 2.35. The Hall–Kier alpha value is -0.110. The highest BCUT2D eigenvalue weighted by Crippen LogP contribution is 2.41. The third-order valence-corrected chi connectivity index (χ3v) is 3.57. The molecule has 0 aliphatic heterocycles. The summed E-state index contributed by atoms with van der Waals surface area (Å²) in [5, 5.41) is 9.66. The number of halogens is 1. The maximum atomic E-state index is 13.4. The van der Waals surface area contributed by atoms with Gasteiger partial charge in [-0.15, -0.1) is 0 Å². The van der Waals surface area contributed by atoms with Crippen molar-refractivity contribution in [1.29, 1.82) is 0 Å². The van der Waals surface area contributed by atoms with Crippen molar-refractivity contribution in [2.45, 2.75) is 50.8 Å². The molecule has 0 aromatic carbocycles. The standard InChI is InChI=1S/C10H17FO/c11-9-5-6-10(12)8-4-2-1-3-7(8)9/h7-10,12H,1-6H2/t7?,8?,9-,10-/m1/s1. The van der Waals surface area contributed by atoms with Crippen LogP contribution in [0.5, 0.6) is 0 Å². The first-order valence-electron chi connectivity index (χ1n) is 5.11. The lowest BCUT2D eigenvalue weighted by Gasteiger charge is -2.40. The van der Waals surface area contributed by atoms with Crippen LogP contribution in [0.1, 0.15) is 38.5 Å². The molecule has 2 aliphatic carbocycles. The summed E-state index contributed by atoms with van der Waals surface area (Å²) in [4.78, 5) is 0. The van der Waals surface area contributed by atoms with Gasteiger partial charge in [0.15, 0.2) is 0 Å². The summed E-state index contributed by atoms with van der Waals surface area (Å²) in [6.07, 6.45) is 4.83. The van der Waals surface area contributed by atoms with Crippen molar-refractivity contribution >= 4 is 0 Å². The Morgan fingerprint density at radius 1 is 0.917 bits per heavy atom. The van der Waals surface area contributed by atoms with Crippen LogP contribution in [0.3, 0.4) is 0 Å². The maximum Gasteiger partial charge on any atom is 0.103 e. The van der Waals surface area contributed by atoms with Gasteiger partial charge in [0.25, 0.3) is 0 Å². The molecule has 12 heavy (non-hydrogen) atoms. The average molecular weight is 172 g/mol. The molecule has 2 heteroatoms. The summed E-state index contributed by atoms with van der Waals surface area (Å²) < 4.78 is 13.4. The molecule has 0 aromatic heterocycles. The van der Waals surface area contributed by atoms with E-state index in [4.69, 9.17) is 0 Å². The van der Waals surface area contributed by atoms with Crippen molar-refractivity contribution in [2.75, 3.05) is 0 Å². The number of fused-ring (bicyclic) bond motifs is 1. The molecule has 4 atom stereocenters. The first-order valence-corrected chi connectivity index (χ1v) is 5.11. The fraction of sp³-hybridized carbons (Fsp3) is 1.00. The van der Waals surface area contributed by atoms with E-state index >= 15 is 0 Å². The Morgan fingerprint density at radius 2 is 1.58 bits per heavy atom. The lowest BCUT2D eigenvalue weighted by Crippen LogP contribution is -2.40. The van der Waals surface area contributed by atoms with E-state index in [0.29, 0.717) is 12.8 Å². The molecule has 0 amide bonds. The van der Waals surface area contributed by atoms with Gasteiger partial charge in [-0.05, 0) is 37.5 Å². The molecule has 2 rings (SSSR count). The van der Waals surface area contributed by atoms with Gasteiger partial charge in [0.1, 0.15) is 6.17 Å².